The van der Waals surface area contributed by atoms with Crippen molar-refractivity contribution in [2.24, 2.45) is 0 Å². The number of carbonyl (C=O) groups excluding carboxylic acids is 3. The maximum Gasteiger partial charge on any atom is 0.328 e. The predicted molar refractivity (Wildman–Crippen MR) is 52.0 cm³/mol. The van der Waals surface area contributed by atoms with Gasteiger partial charge in [0.15, 0.2) is 0 Å². The van der Waals surface area contributed by atoms with Crippen molar-refractivity contribution in [3.05, 3.63) is 0 Å². The number of methoxy groups -OCH3 is 1. The fraction of sp³-hybridized carbons (Fsp3) is 0.700. The molecule has 0 radical (unpaired) electrons. The second kappa shape index (κ2) is 5.48. The van der Waals surface area contributed by atoms with Gasteiger partial charge >= 0.3 is 5.97 Å². The Bertz CT molecular complexity index is 264. The van der Waals surface area contributed by atoms with Crippen molar-refractivity contribution in [3.8, 4) is 0 Å². The molecule has 1 fully saturated rings. The summed E-state index contributed by atoms with van der Waals surface area (Å²) in [5.74, 6) is -0.512. The van der Waals surface area contributed by atoms with Gasteiger partial charge in [0.25, 0.3) is 0 Å². The Morgan fingerprint density at radius 3 is 2.87 bits per heavy atom. The lowest BCUT2D eigenvalue weighted by molar-refractivity contribution is -0.151. The summed E-state index contributed by atoms with van der Waals surface area (Å²) in [5.41, 5.74) is 0. The van der Waals surface area contributed by atoms with Gasteiger partial charge in [-0.1, -0.05) is 0 Å². The van der Waals surface area contributed by atoms with Crippen molar-refractivity contribution in [1.82, 2.24) is 4.90 Å². The molecular formula is C10H15NO4. The molecule has 1 amide bonds. The highest BCUT2D eigenvalue weighted by Crippen LogP contribution is 2.19. The Morgan fingerprint density at radius 1 is 1.53 bits per heavy atom. The first-order valence-corrected chi connectivity index (χ1v) is 5.01. The molecule has 1 aliphatic rings. The Hall–Kier alpha value is -1.39. The molecule has 0 N–H and O–H groups in total. The van der Waals surface area contributed by atoms with Crippen LogP contribution in [0.25, 0.3) is 0 Å². The molecule has 0 aromatic carbocycles. The first-order valence-electron chi connectivity index (χ1n) is 5.01. The molecule has 1 saturated heterocycles. The van der Waals surface area contributed by atoms with Crippen LogP contribution in [0.3, 0.4) is 0 Å². The molecule has 1 heterocycles. The van der Waals surface area contributed by atoms with Crippen LogP contribution < -0.4 is 0 Å². The van der Waals surface area contributed by atoms with Gasteiger partial charge in [0.2, 0.25) is 5.91 Å². The quantitative estimate of drug-likeness (QED) is 0.492. The molecule has 0 aromatic rings. The van der Waals surface area contributed by atoms with E-state index in [0.29, 0.717) is 19.3 Å². The Morgan fingerprint density at radius 2 is 2.27 bits per heavy atom. The molecule has 0 spiro atoms. The van der Waals surface area contributed by atoms with E-state index in [1.165, 1.54) is 12.0 Å². The van der Waals surface area contributed by atoms with Crippen molar-refractivity contribution >= 4 is 18.2 Å². The fourth-order valence-corrected chi connectivity index (χ4v) is 1.77. The van der Waals surface area contributed by atoms with E-state index in [1.54, 1.807) is 0 Å². The summed E-state index contributed by atoms with van der Waals surface area (Å²) in [6.45, 7) is 0.581. The van der Waals surface area contributed by atoms with Crippen LogP contribution in [0.15, 0.2) is 0 Å². The van der Waals surface area contributed by atoms with Crippen LogP contribution in [-0.2, 0) is 19.1 Å². The maximum atomic E-state index is 11.6. The largest absolute Gasteiger partial charge is 0.467 e. The van der Waals surface area contributed by atoms with Gasteiger partial charge < -0.3 is 14.4 Å². The molecule has 0 aromatic heterocycles. The molecule has 15 heavy (non-hydrogen) atoms. The minimum absolute atomic E-state index is 0.144. The first kappa shape index (κ1) is 11.7. The van der Waals surface area contributed by atoms with Gasteiger partial charge in [-0.05, 0) is 12.8 Å². The fourth-order valence-electron chi connectivity index (χ4n) is 1.77. The van der Waals surface area contributed by atoms with E-state index < -0.39 is 6.04 Å². The Balaban J connectivity index is 2.55. The van der Waals surface area contributed by atoms with Crippen LogP contribution in [0.2, 0.25) is 0 Å². The third-order valence-electron chi connectivity index (χ3n) is 2.52. The monoisotopic (exact) mass is 213 g/mol. The summed E-state index contributed by atoms with van der Waals surface area (Å²) >= 11 is 0. The standard InChI is InChI=1S/C10H15NO4/c1-15-10(14)8-4-2-6-11(8)9(13)5-3-7-12/h7-8H,2-6H2,1H3/t8-/m0/s1. The number of carbonyl (C=O) groups is 3. The molecule has 0 saturated carbocycles. The second-order valence-electron chi connectivity index (χ2n) is 3.47. The highest BCUT2D eigenvalue weighted by atomic mass is 16.5. The first-order chi connectivity index (χ1) is 7.20. The lowest BCUT2D eigenvalue weighted by atomic mass is 10.2. The molecule has 5 heteroatoms. The summed E-state index contributed by atoms with van der Waals surface area (Å²) in [7, 11) is 1.31. The van der Waals surface area contributed by atoms with Crippen LogP contribution in [0.5, 0.6) is 0 Å². The van der Waals surface area contributed by atoms with Crippen molar-refractivity contribution in [2.45, 2.75) is 31.7 Å². The number of hydrogen-bond donors (Lipinski definition) is 0. The van der Waals surface area contributed by atoms with Gasteiger partial charge in [-0.3, -0.25) is 4.79 Å². The molecule has 1 aliphatic heterocycles. The topological polar surface area (TPSA) is 63.7 Å². The second-order valence-corrected chi connectivity index (χ2v) is 3.47. The number of nitrogens with zero attached hydrogens (tertiary/aromatic N) is 1. The molecule has 84 valence electrons. The van der Waals surface area contributed by atoms with Crippen molar-refractivity contribution < 1.29 is 19.1 Å². The summed E-state index contributed by atoms with van der Waals surface area (Å²) in [5, 5.41) is 0. The zero-order chi connectivity index (χ0) is 11.3. The summed E-state index contributed by atoms with van der Waals surface area (Å²) in [6, 6.07) is -0.450. The highest BCUT2D eigenvalue weighted by molar-refractivity contribution is 5.85. The van der Waals surface area contributed by atoms with E-state index >= 15 is 0 Å². The Labute approximate surface area is 88.4 Å². The minimum atomic E-state index is -0.450. The summed E-state index contributed by atoms with van der Waals surface area (Å²) in [4.78, 5) is 34.6. The van der Waals surface area contributed by atoms with Gasteiger partial charge in [-0.2, -0.15) is 0 Å². The van der Waals surface area contributed by atoms with E-state index in [2.05, 4.69) is 4.74 Å². The molecular weight excluding hydrogens is 198 g/mol. The lowest BCUT2D eigenvalue weighted by Crippen LogP contribution is -2.41. The van der Waals surface area contributed by atoms with Crippen LogP contribution in [0.4, 0.5) is 0 Å². The van der Waals surface area contributed by atoms with Gasteiger partial charge in [-0.25, -0.2) is 4.79 Å². The van der Waals surface area contributed by atoms with E-state index in [0.717, 1.165) is 6.42 Å². The van der Waals surface area contributed by atoms with Crippen LogP contribution in [-0.4, -0.2) is 42.8 Å². The Kier molecular flexibility index (Phi) is 4.27. The summed E-state index contributed by atoms with van der Waals surface area (Å²) in [6.07, 6.45) is 2.56. The van der Waals surface area contributed by atoms with E-state index in [-0.39, 0.29) is 24.7 Å². The van der Waals surface area contributed by atoms with Gasteiger partial charge in [0.05, 0.1) is 7.11 Å². The van der Waals surface area contributed by atoms with Gasteiger partial charge in [0, 0.05) is 19.4 Å². The predicted octanol–water partition coefficient (Wildman–Crippen LogP) is 0.129. The highest BCUT2D eigenvalue weighted by Gasteiger charge is 2.34. The van der Waals surface area contributed by atoms with Crippen molar-refractivity contribution in [1.29, 1.82) is 0 Å². The number of hydrogen-bond acceptors (Lipinski definition) is 4. The average molecular weight is 213 g/mol. The maximum absolute atomic E-state index is 11.6. The SMILES string of the molecule is COC(=O)[C@@H]1CCCN1C(=O)CCC=O. The third kappa shape index (κ3) is 2.78. The lowest BCUT2D eigenvalue weighted by Gasteiger charge is -2.22. The number of likely N-dealkylation sites (tertiary alicyclic amines) is 1. The number of amides is 1. The molecule has 1 rings (SSSR count). The number of ether oxygens (including phenoxy) is 1. The minimum Gasteiger partial charge on any atom is -0.467 e. The number of rotatable bonds is 4. The summed E-state index contributed by atoms with van der Waals surface area (Å²) < 4.78 is 4.62. The van der Waals surface area contributed by atoms with Crippen LogP contribution in [0, 0.1) is 0 Å². The molecule has 0 aliphatic carbocycles. The molecule has 0 unspecified atom stereocenters. The zero-order valence-corrected chi connectivity index (χ0v) is 8.77. The van der Waals surface area contributed by atoms with Crippen molar-refractivity contribution in [2.75, 3.05) is 13.7 Å². The number of aldehydes is 1. The molecule has 0 bridgehead atoms. The molecule has 5 nitrogen and oxygen atoms in total. The smallest absolute Gasteiger partial charge is 0.328 e. The van der Waals surface area contributed by atoms with Crippen molar-refractivity contribution in [3.63, 3.8) is 0 Å². The van der Waals surface area contributed by atoms with Crippen LogP contribution >= 0.6 is 0 Å². The number of esters is 1. The zero-order valence-electron chi connectivity index (χ0n) is 8.77. The normalized spacial score (nSPS) is 20.1. The van der Waals surface area contributed by atoms with Gasteiger partial charge in [0.1, 0.15) is 12.3 Å². The third-order valence-corrected chi connectivity index (χ3v) is 2.52. The van der Waals surface area contributed by atoms with E-state index in [1.807, 2.05) is 0 Å². The van der Waals surface area contributed by atoms with Gasteiger partial charge in [-0.15, -0.1) is 0 Å². The van der Waals surface area contributed by atoms with E-state index in [9.17, 15) is 14.4 Å². The molecule has 1 atom stereocenters. The van der Waals surface area contributed by atoms with Crippen LogP contribution in [0.1, 0.15) is 25.7 Å². The average Bonchev–Trinajstić information content (AvgIpc) is 2.73. The van der Waals surface area contributed by atoms with E-state index in [4.69, 9.17) is 0 Å².